The van der Waals surface area contributed by atoms with Crippen molar-refractivity contribution in [1.29, 1.82) is 15.8 Å². The van der Waals surface area contributed by atoms with Gasteiger partial charge in [-0.25, -0.2) is 11.0 Å². The first-order valence-corrected chi connectivity index (χ1v) is 18.6. The number of benzene rings is 3. The van der Waals surface area contributed by atoms with Crippen molar-refractivity contribution in [3.05, 3.63) is 156 Å². The maximum absolute atomic E-state index is 12.4. The van der Waals surface area contributed by atoms with Crippen LogP contribution in [0.15, 0.2) is 95.7 Å². The Bertz CT molecular complexity index is 2980. The second kappa shape index (κ2) is 31.5. The van der Waals surface area contributed by atoms with Crippen molar-refractivity contribution in [2.75, 3.05) is 25.1 Å². The molecule has 68 heavy (non-hydrogen) atoms. The van der Waals surface area contributed by atoms with Crippen LogP contribution in [0.25, 0.3) is 32.5 Å². The fraction of sp³-hybridized carbons (Fsp3) is 0.167. The number of rotatable bonds is 8. The van der Waals surface area contributed by atoms with Gasteiger partial charge in [0, 0.05) is 78.7 Å². The van der Waals surface area contributed by atoms with E-state index in [9.17, 15) is 40.0 Å². The van der Waals surface area contributed by atoms with E-state index in [-0.39, 0.29) is 140 Å². The maximum Gasteiger partial charge on any atom is 1.00 e. The minimum atomic E-state index is -0.643. The molecule has 0 fully saturated rings. The van der Waals surface area contributed by atoms with Gasteiger partial charge in [0.1, 0.15) is 52.5 Å². The van der Waals surface area contributed by atoms with Crippen LogP contribution < -0.4 is 124 Å². The SMILES string of the molecule is CCn1c(-n2cccc2)c(C#N)c2ccc([N+](=O)[O-])cc21.CCn1c(N)c(C#N)c2ccc([N+](=O)[O-])cc21.COc1ccc(C)o1.Nc1cc([N+](=O)[O-])ccc1F.O=CO[O-].[C-]#[N+]CC#N.[H-].[K+].[K+]. The van der Waals surface area contributed by atoms with Crippen LogP contribution in [0.2, 0.25) is 0 Å². The molecule has 342 valence electrons. The molecule has 4 heterocycles. The first kappa shape index (κ1) is 61.5. The van der Waals surface area contributed by atoms with Gasteiger partial charge in [-0.1, -0.05) is 0 Å². The number of anilines is 2. The van der Waals surface area contributed by atoms with Gasteiger partial charge in [0.05, 0.1) is 38.6 Å². The molecule has 0 saturated heterocycles. The van der Waals surface area contributed by atoms with E-state index in [4.69, 9.17) is 47.8 Å². The number of nitrogen functional groups attached to an aromatic ring is 2. The van der Waals surface area contributed by atoms with E-state index in [1.165, 1.54) is 24.3 Å². The third kappa shape index (κ3) is 17.0. The van der Waals surface area contributed by atoms with Gasteiger partial charge < -0.3 is 50.7 Å². The van der Waals surface area contributed by atoms with Gasteiger partial charge in [-0.3, -0.25) is 35.1 Å². The Morgan fingerprint density at radius 1 is 0.824 bits per heavy atom. The fourth-order valence-corrected chi connectivity index (χ4v) is 5.74. The maximum atomic E-state index is 12.4. The summed E-state index contributed by atoms with van der Waals surface area (Å²) in [6.45, 7) is 12.7. The molecule has 0 spiro atoms. The first-order valence-electron chi connectivity index (χ1n) is 18.6. The summed E-state index contributed by atoms with van der Waals surface area (Å²) in [4.78, 5) is 44.2. The van der Waals surface area contributed by atoms with Gasteiger partial charge in [-0.05, 0) is 57.2 Å². The summed E-state index contributed by atoms with van der Waals surface area (Å²) in [5.41, 5.74) is 12.7. The quantitative estimate of drug-likeness (QED) is 0.0315. The van der Waals surface area contributed by atoms with E-state index in [1.54, 1.807) is 35.9 Å². The first-order chi connectivity index (χ1) is 31.5. The number of aromatic nitrogens is 3. The van der Waals surface area contributed by atoms with Crippen molar-refractivity contribution >= 4 is 56.8 Å². The second-order valence-corrected chi connectivity index (χ2v) is 12.4. The van der Waals surface area contributed by atoms with E-state index in [0.717, 1.165) is 35.2 Å². The van der Waals surface area contributed by atoms with Gasteiger partial charge in [0.15, 0.2) is 0 Å². The molecule has 0 aliphatic rings. The monoisotopic (exact) mass is 984 g/mol. The summed E-state index contributed by atoms with van der Waals surface area (Å²) >= 11 is 0. The number of hydrogen-bond acceptors (Lipinski definition) is 16. The number of fused-ring (bicyclic) bond motifs is 2. The number of nitro groups is 3. The van der Waals surface area contributed by atoms with E-state index >= 15 is 0 Å². The van der Waals surface area contributed by atoms with Gasteiger partial charge in [0.2, 0.25) is 0 Å². The van der Waals surface area contributed by atoms with Gasteiger partial charge in [0.25, 0.3) is 36.0 Å². The number of halogens is 1. The number of ether oxygens (including phenoxy) is 1. The van der Waals surface area contributed by atoms with Crippen molar-refractivity contribution in [3.63, 3.8) is 0 Å². The standard InChI is InChI=1S/C15H12N4O2.C11H10N4O2.C6H5FN2O2.C6H8O2.C3H2N2.CH2O3.2K.H/c1-2-18-14-9-11(19(20)21)5-6-12(14)13(10-16)15(18)17-7-3-4-8-17;1-2-14-10-5-7(15(16)17)3-4-8(10)9(6-12)11(14)13;7-5-2-1-4(9(10)11)3-6(5)8;1-5-3-4-6(7-2)8-5;1-5-3-2-4;2-1-4-3;;;/h3-9H,2H2,1H3;3-5H,2,13H2,1H3;1-3H,8H2;3-4H,1-2H3;3H2;1,3H;;;/q;;;;;;2*+1;-1/p-1. The second-order valence-electron chi connectivity index (χ2n) is 12.4. The van der Waals surface area contributed by atoms with Crippen LogP contribution in [-0.4, -0.2) is 48.6 Å². The Morgan fingerprint density at radius 2 is 1.29 bits per heavy atom. The van der Waals surface area contributed by atoms with Crippen LogP contribution in [0.3, 0.4) is 0 Å². The predicted molar refractivity (Wildman–Crippen MR) is 235 cm³/mol. The number of nitrogens with zero attached hydrogens (tertiary/aromatic N) is 10. The number of methoxy groups -OCH3 is 1. The summed E-state index contributed by atoms with van der Waals surface area (Å²) in [6.07, 6.45) is 3.71. The van der Waals surface area contributed by atoms with Crippen molar-refractivity contribution in [2.24, 2.45) is 0 Å². The summed E-state index contributed by atoms with van der Waals surface area (Å²) < 4.78 is 27.7. The molecule has 7 rings (SSSR count). The number of carbonyl (C=O) groups is 1. The van der Waals surface area contributed by atoms with Crippen LogP contribution in [-0.2, 0) is 22.8 Å². The Balaban J connectivity index is 0. The molecule has 0 amide bonds. The molecule has 0 unspecified atom stereocenters. The predicted octanol–water partition coefficient (Wildman–Crippen LogP) is 1.15. The number of nitrogens with two attached hydrogens (primary N) is 2. The Labute approximate surface area is 473 Å². The largest absolute Gasteiger partial charge is 1.00 e. The van der Waals surface area contributed by atoms with Crippen LogP contribution in [0.1, 0.15) is 32.2 Å². The molecule has 23 nitrogen and oxygen atoms in total. The fourth-order valence-electron chi connectivity index (χ4n) is 5.74. The van der Waals surface area contributed by atoms with E-state index in [1.807, 2.05) is 66.6 Å². The molecule has 0 saturated carbocycles. The van der Waals surface area contributed by atoms with E-state index in [0.29, 0.717) is 52.4 Å². The average Bonchev–Trinajstić information content (AvgIpc) is 4.12. The Morgan fingerprint density at radius 3 is 1.65 bits per heavy atom. The molecule has 0 radical (unpaired) electrons. The van der Waals surface area contributed by atoms with Crippen LogP contribution in [0.5, 0.6) is 5.95 Å². The molecule has 0 bridgehead atoms. The number of non-ortho nitro benzene ring substituents is 3. The summed E-state index contributed by atoms with van der Waals surface area (Å²) in [6, 6.07) is 25.3. The normalized spacial score (nSPS) is 9.15. The number of hydrogen-bond donors (Lipinski definition) is 2. The zero-order chi connectivity index (χ0) is 49.5. The molecule has 0 aliphatic heterocycles. The molecule has 0 atom stereocenters. The molecule has 4 N–H and O–H groups in total. The van der Waals surface area contributed by atoms with Gasteiger partial charge in [-0.15, -0.1) is 0 Å². The van der Waals surface area contributed by atoms with Crippen molar-refractivity contribution in [1.82, 2.24) is 13.7 Å². The molecule has 4 aromatic heterocycles. The number of nitro benzene ring substituents is 3. The van der Waals surface area contributed by atoms with Crippen molar-refractivity contribution in [3.8, 4) is 30.0 Å². The van der Waals surface area contributed by atoms with Crippen molar-refractivity contribution in [2.45, 2.75) is 33.9 Å². The third-order valence-electron chi connectivity index (χ3n) is 8.53. The van der Waals surface area contributed by atoms with E-state index in [2.05, 4.69) is 15.8 Å². The molecule has 26 heteroatoms. The number of carbonyl (C=O) groups excluding carboxylic acids is 1. The Hall–Kier alpha value is -6.51. The summed E-state index contributed by atoms with van der Waals surface area (Å²) in [5.74, 6) is 1.89. The minimum Gasteiger partial charge on any atom is -1.00 e. The number of furan rings is 1. The average molecular weight is 985 g/mol. The minimum absolute atomic E-state index is 0. The van der Waals surface area contributed by atoms with Gasteiger partial charge >= 0.3 is 103 Å². The molecular weight excluding hydrogens is 946 g/mol. The zero-order valence-corrected chi connectivity index (χ0v) is 43.6. The number of nitriles is 3. The molecule has 0 aliphatic carbocycles. The summed E-state index contributed by atoms with van der Waals surface area (Å²) in [7, 11) is 1.58. The molecular formula is C42H39FK2N12O11. The molecule has 3 aromatic carbocycles. The van der Waals surface area contributed by atoms with Crippen LogP contribution in [0, 0.1) is 83.6 Å². The van der Waals surface area contributed by atoms with E-state index < -0.39 is 20.6 Å². The van der Waals surface area contributed by atoms with Gasteiger partial charge in [-0.2, -0.15) is 15.8 Å². The molecule has 7 aromatic rings. The zero-order valence-electron chi connectivity index (χ0n) is 38.4. The Kier molecular flexibility index (Phi) is 28.5. The number of aryl methyl sites for hydroxylation is 3. The topological polar surface area (TPSA) is 344 Å². The van der Waals surface area contributed by atoms with Crippen molar-refractivity contribution < 1.29 is 147 Å². The third-order valence-corrected chi connectivity index (χ3v) is 8.53. The van der Waals surface area contributed by atoms with Crippen LogP contribution >= 0.6 is 0 Å². The smallest absolute Gasteiger partial charge is 1.00 e. The summed E-state index contributed by atoms with van der Waals surface area (Å²) in [5, 5.41) is 67.7. The van der Waals surface area contributed by atoms with Crippen LogP contribution in [0.4, 0.5) is 33.0 Å².